The number of nitrogens with zero attached hydrogens (tertiary/aromatic N) is 3. The third kappa shape index (κ3) is 4.63. The van der Waals surface area contributed by atoms with E-state index in [1.54, 1.807) is 25.1 Å². The number of fused-ring (bicyclic) bond motifs is 1. The first-order valence-corrected chi connectivity index (χ1v) is 11.5. The summed E-state index contributed by atoms with van der Waals surface area (Å²) in [6.45, 7) is 3.59. The van der Waals surface area contributed by atoms with Crippen LogP contribution in [0, 0.1) is 17.0 Å². The maximum atomic E-state index is 13.5. The number of nitro groups is 1. The van der Waals surface area contributed by atoms with Gasteiger partial charge in [0.25, 0.3) is 17.2 Å². The fraction of sp³-hybridized carbons (Fsp3) is 0.130. The zero-order valence-corrected chi connectivity index (χ0v) is 20.0. The Bertz CT molecular complexity index is 1560. The molecule has 2 aromatic carbocycles. The van der Waals surface area contributed by atoms with Crippen molar-refractivity contribution in [1.29, 1.82) is 0 Å². The number of amides is 1. The Morgan fingerprint density at radius 2 is 2.03 bits per heavy atom. The van der Waals surface area contributed by atoms with Gasteiger partial charge in [0.1, 0.15) is 5.00 Å². The quantitative estimate of drug-likeness (QED) is 0.224. The predicted molar refractivity (Wildman–Crippen MR) is 132 cm³/mol. The number of nitrogens with one attached hydrogen (secondary N) is 1. The lowest BCUT2D eigenvalue weighted by molar-refractivity contribution is -0.384. The van der Waals surface area contributed by atoms with E-state index >= 15 is 0 Å². The Labute approximate surface area is 206 Å². The molecule has 35 heavy (non-hydrogen) atoms. The zero-order chi connectivity index (χ0) is 25.3. The molecule has 0 bridgehead atoms. The van der Waals surface area contributed by atoms with Gasteiger partial charge in [0.15, 0.2) is 5.69 Å². The number of carbonyl (C=O) groups excluding carboxylic acids is 2. The molecule has 178 valence electrons. The number of non-ortho nitro benzene ring substituents is 1. The van der Waals surface area contributed by atoms with E-state index in [-0.39, 0.29) is 44.3 Å². The average Bonchev–Trinajstić information content (AvgIpc) is 3.23. The van der Waals surface area contributed by atoms with Crippen LogP contribution in [-0.2, 0) is 4.74 Å². The number of benzene rings is 2. The zero-order valence-electron chi connectivity index (χ0n) is 18.4. The van der Waals surface area contributed by atoms with Gasteiger partial charge in [0.05, 0.1) is 33.2 Å². The van der Waals surface area contributed by atoms with Crippen molar-refractivity contribution in [3.63, 3.8) is 0 Å². The first-order valence-electron chi connectivity index (χ1n) is 10.2. The lowest BCUT2D eigenvalue weighted by Crippen LogP contribution is -2.25. The van der Waals surface area contributed by atoms with Gasteiger partial charge in [0.2, 0.25) is 0 Å². The highest BCUT2D eigenvalue weighted by molar-refractivity contribution is 7.16. The number of halogens is 1. The summed E-state index contributed by atoms with van der Waals surface area (Å²) >= 11 is 7.09. The number of hydrogen-bond acceptors (Lipinski definition) is 8. The number of esters is 1. The second-order valence-corrected chi connectivity index (χ2v) is 8.64. The molecule has 0 saturated heterocycles. The van der Waals surface area contributed by atoms with E-state index < -0.39 is 22.4 Å². The molecule has 0 aliphatic carbocycles. The summed E-state index contributed by atoms with van der Waals surface area (Å²) in [6, 6.07) is 10.4. The first-order chi connectivity index (χ1) is 16.7. The van der Waals surface area contributed by atoms with E-state index in [0.29, 0.717) is 5.69 Å². The van der Waals surface area contributed by atoms with Gasteiger partial charge < -0.3 is 10.1 Å². The van der Waals surface area contributed by atoms with Crippen molar-refractivity contribution in [2.24, 2.45) is 0 Å². The van der Waals surface area contributed by atoms with Crippen molar-refractivity contribution in [2.75, 3.05) is 11.9 Å². The number of carbonyl (C=O) groups is 2. The molecule has 10 nitrogen and oxygen atoms in total. The monoisotopic (exact) mass is 512 g/mol. The Morgan fingerprint density at radius 3 is 2.71 bits per heavy atom. The van der Waals surface area contributed by atoms with Crippen molar-refractivity contribution < 1.29 is 19.2 Å². The van der Waals surface area contributed by atoms with Gasteiger partial charge in [0, 0.05) is 22.9 Å². The molecular formula is C23H17ClN4O6S. The molecule has 4 aromatic rings. The standard InChI is InChI=1S/C23H17ClN4O6S/c1-3-34-23(31)19-16-11-35-21(25-20(29)15-10-14(28(32)33)7-8-17(15)24)18(16)22(30)27(26-19)13-6-4-5-12(2)9-13/h4-11H,3H2,1-2H3,(H,25,29). The minimum atomic E-state index is -0.751. The van der Waals surface area contributed by atoms with Crippen molar-refractivity contribution >= 4 is 56.3 Å². The summed E-state index contributed by atoms with van der Waals surface area (Å²) in [7, 11) is 0. The number of anilines is 1. The summed E-state index contributed by atoms with van der Waals surface area (Å²) in [5.41, 5.74) is 0.182. The molecule has 0 saturated carbocycles. The Morgan fingerprint density at radius 1 is 1.26 bits per heavy atom. The van der Waals surface area contributed by atoms with Crippen LogP contribution >= 0.6 is 22.9 Å². The highest BCUT2D eigenvalue weighted by Crippen LogP contribution is 2.32. The molecule has 0 fully saturated rings. The SMILES string of the molecule is CCOC(=O)c1nn(-c2cccc(C)c2)c(=O)c2c(NC(=O)c3cc([N+](=O)[O-])ccc3Cl)scc12. The topological polar surface area (TPSA) is 133 Å². The van der Waals surface area contributed by atoms with Crippen molar-refractivity contribution in [2.45, 2.75) is 13.8 Å². The lowest BCUT2D eigenvalue weighted by Gasteiger charge is -2.10. The van der Waals surface area contributed by atoms with Gasteiger partial charge in [-0.1, -0.05) is 23.7 Å². The molecule has 12 heteroatoms. The molecule has 0 aliphatic rings. The summed E-state index contributed by atoms with van der Waals surface area (Å²) in [6.07, 6.45) is 0. The Balaban J connectivity index is 1.88. The van der Waals surface area contributed by atoms with E-state index in [4.69, 9.17) is 16.3 Å². The van der Waals surface area contributed by atoms with Crippen molar-refractivity contribution in [3.8, 4) is 5.69 Å². The highest BCUT2D eigenvalue weighted by atomic mass is 35.5. The van der Waals surface area contributed by atoms with Crippen LogP contribution in [0.4, 0.5) is 10.7 Å². The van der Waals surface area contributed by atoms with Gasteiger partial charge in [-0.05, 0) is 37.6 Å². The van der Waals surface area contributed by atoms with Crippen LogP contribution in [0.3, 0.4) is 0 Å². The molecule has 0 aliphatic heterocycles. The van der Waals surface area contributed by atoms with Gasteiger partial charge >= 0.3 is 5.97 Å². The molecule has 1 N–H and O–H groups in total. The number of thiophene rings is 1. The average molecular weight is 513 g/mol. The summed E-state index contributed by atoms with van der Waals surface area (Å²) < 4.78 is 6.19. The van der Waals surface area contributed by atoms with Gasteiger partial charge in [-0.2, -0.15) is 9.78 Å². The summed E-state index contributed by atoms with van der Waals surface area (Å²) in [4.78, 5) is 49.5. The molecular weight excluding hydrogens is 496 g/mol. The van der Waals surface area contributed by atoms with Crippen molar-refractivity contribution in [3.05, 3.63) is 90.2 Å². The van der Waals surface area contributed by atoms with E-state index in [1.165, 1.54) is 17.5 Å². The van der Waals surface area contributed by atoms with Crippen LogP contribution in [-0.4, -0.2) is 33.2 Å². The van der Waals surface area contributed by atoms with Crippen molar-refractivity contribution in [1.82, 2.24) is 9.78 Å². The van der Waals surface area contributed by atoms with Crippen LogP contribution in [0.25, 0.3) is 16.5 Å². The Hall–Kier alpha value is -4.09. The smallest absolute Gasteiger partial charge is 0.359 e. The number of rotatable bonds is 6. The molecule has 0 unspecified atom stereocenters. The highest BCUT2D eigenvalue weighted by Gasteiger charge is 2.24. The number of hydrogen-bond donors (Lipinski definition) is 1. The van der Waals surface area contributed by atoms with Gasteiger partial charge in [-0.25, -0.2) is 4.79 Å². The van der Waals surface area contributed by atoms with Crippen LogP contribution in [0.1, 0.15) is 33.3 Å². The number of aryl methyl sites for hydroxylation is 1. The van der Waals surface area contributed by atoms with Crippen LogP contribution in [0.2, 0.25) is 5.02 Å². The third-order valence-corrected chi connectivity index (χ3v) is 6.22. The second kappa shape index (κ2) is 9.65. The number of aromatic nitrogens is 2. The third-order valence-electron chi connectivity index (χ3n) is 5.00. The van der Waals surface area contributed by atoms with Gasteiger partial charge in [-0.3, -0.25) is 19.7 Å². The molecule has 0 atom stereocenters. The van der Waals surface area contributed by atoms with Crippen LogP contribution < -0.4 is 10.9 Å². The Kier molecular flexibility index (Phi) is 6.63. The van der Waals surface area contributed by atoms with E-state index in [1.807, 2.05) is 13.0 Å². The van der Waals surface area contributed by atoms with Crippen LogP contribution in [0.5, 0.6) is 0 Å². The van der Waals surface area contributed by atoms with E-state index in [9.17, 15) is 24.5 Å². The minimum absolute atomic E-state index is 0.0000117. The fourth-order valence-corrected chi connectivity index (χ4v) is 4.53. The molecule has 2 aromatic heterocycles. The fourth-order valence-electron chi connectivity index (χ4n) is 3.40. The molecule has 2 heterocycles. The molecule has 0 spiro atoms. The molecule has 0 radical (unpaired) electrons. The van der Waals surface area contributed by atoms with Crippen LogP contribution in [0.15, 0.2) is 52.6 Å². The maximum absolute atomic E-state index is 13.5. The number of nitro benzene ring substituents is 1. The first kappa shape index (κ1) is 24.0. The predicted octanol–water partition coefficient (Wildman–Crippen LogP) is 4.75. The van der Waals surface area contributed by atoms with E-state index in [0.717, 1.165) is 27.6 Å². The largest absolute Gasteiger partial charge is 0.461 e. The summed E-state index contributed by atoms with van der Waals surface area (Å²) in [5.74, 6) is -1.48. The summed E-state index contributed by atoms with van der Waals surface area (Å²) in [5, 5.41) is 19.9. The lowest BCUT2D eigenvalue weighted by atomic mass is 10.1. The molecule has 1 amide bonds. The molecule has 4 rings (SSSR count). The maximum Gasteiger partial charge on any atom is 0.359 e. The van der Waals surface area contributed by atoms with Gasteiger partial charge in [-0.15, -0.1) is 11.3 Å². The minimum Gasteiger partial charge on any atom is -0.461 e. The normalized spacial score (nSPS) is 10.8. The second-order valence-electron chi connectivity index (χ2n) is 7.35. The number of ether oxygens (including phenoxy) is 1. The van der Waals surface area contributed by atoms with E-state index in [2.05, 4.69) is 10.4 Å².